The summed E-state index contributed by atoms with van der Waals surface area (Å²) in [5.41, 5.74) is 0.628. The van der Waals surface area contributed by atoms with Crippen LogP contribution in [0.5, 0.6) is 0 Å². The SMILES string of the molecule is C[C@H](CCc1ccccc1)NC(=O)Cn1c(=O)[nH]c2ccccc2c1=O. The highest BCUT2D eigenvalue weighted by molar-refractivity contribution is 5.78. The summed E-state index contributed by atoms with van der Waals surface area (Å²) in [6, 6.07) is 16.7. The number of H-pyrrole nitrogens is 1. The minimum Gasteiger partial charge on any atom is -0.352 e. The average Bonchev–Trinajstić information content (AvgIpc) is 2.64. The van der Waals surface area contributed by atoms with Crippen LogP contribution in [0.3, 0.4) is 0 Å². The van der Waals surface area contributed by atoms with Gasteiger partial charge in [0, 0.05) is 6.04 Å². The average molecular weight is 351 g/mol. The zero-order chi connectivity index (χ0) is 18.5. The number of rotatable bonds is 6. The Bertz CT molecular complexity index is 1020. The molecule has 0 aliphatic heterocycles. The number of para-hydroxylation sites is 1. The summed E-state index contributed by atoms with van der Waals surface area (Å²) in [6.07, 6.45) is 1.62. The molecule has 0 radical (unpaired) electrons. The minimum absolute atomic E-state index is 0.0575. The molecule has 2 aromatic carbocycles. The molecule has 134 valence electrons. The minimum atomic E-state index is -0.583. The topological polar surface area (TPSA) is 84.0 Å². The van der Waals surface area contributed by atoms with Gasteiger partial charge in [-0.15, -0.1) is 0 Å². The van der Waals surface area contributed by atoms with Gasteiger partial charge in [-0.2, -0.15) is 0 Å². The Kier molecular flexibility index (Phi) is 5.31. The lowest BCUT2D eigenvalue weighted by molar-refractivity contribution is -0.122. The first-order valence-electron chi connectivity index (χ1n) is 8.60. The Morgan fingerprint density at radius 1 is 1.08 bits per heavy atom. The quantitative estimate of drug-likeness (QED) is 0.711. The first-order chi connectivity index (χ1) is 12.5. The van der Waals surface area contributed by atoms with Gasteiger partial charge >= 0.3 is 5.69 Å². The van der Waals surface area contributed by atoms with Crippen molar-refractivity contribution >= 4 is 16.8 Å². The van der Waals surface area contributed by atoms with Gasteiger partial charge in [0.25, 0.3) is 5.56 Å². The second-order valence-corrected chi connectivity index (χ2v) is 6.36. The maximum atomic E-state index is 12.4. The lowest BCUT2D eigenvalue weighted by Gasteiger charge is -2.14. The molecule has 6 heteroatoms. The van der Waals surface area contributed by atoms with Crippen molar-refractivity contribution in [2.24, 2.45) is 0 Å². The van der Waals surface area contributed by atoms with Crippen LogP contribution >= 0.6 is 0 Å². The number of hydrogen-bond acceptors (Lipinski definition) is 3. The van der Waals surface area contributed by atoms with Gasteiger partial charge in [0.2, 0.25) is 5.91 Å². The second-order valence-electron chi connectivity index (χ2n) is 6.36. The third kappa shape index (κ3) is 4.08. The molecule has 2 N–H and O–H groups in total. The standard InChI is InChI=1S/C20H21N3O3/c1-14(11-12-15-7-3-2-4-8-15)21-18(24)13-23-19(25)16-9-5-6-10-17(16)22-20(23)26/h2-10,14H,11-13H2,1H3,(H,21,24)(H,22,26)/t14-/m1/s1. The predicted octanol–water partition coefficient (Wildman–Crippen LogP) is 1.83. The molecule has 3 aromatic rings. The zero-order valence-corrected chi connectivity index (χ0v) is 14.6. The van der Waals surface area contributed by atoms with Crippen LogP contribution in [0.15, 0.2) is 64.2 Å². The van der Waals surface area contributed by atoms with Crippen LogP contribution in [0.1, 0.15) is 18.9 Å². The molecule has 0 unspecified atom stereocenters. The largest absolute Gasteiger partial charge is 0.352 e. The monoisotopic (exact) mass is 351 g/mol. The third-order valence-electron chi connectivity index (χ3n) is 4.31. The van der Waals surface area contributed by atoms with Crippen molar-refractivity contribution in [3.8, 4) is 0 Å². The molecule has 6 nitrogen and oxygen atoms in total. The number of aromatic amines is 1. The molecule has 1 amide bonds. The predicted molar refractivity (Wildman–Crippen MR) is 101 cm³/mol. The molecular weight excluding hydrogens is 330 g/mol. The number of nitrogens with zero attached hydrogens (tertiary/aromatic N) is 1. The van der Waals surface area contributed by atoms with Crippen molar-refractivity contribution in [1.29, 1.82) is 0 Å². The molecule has 1 atom stereocenters. The number of aryl methyl sites for hydroxylation is 1. The number of hydrogen-bond donors (Lipinski definition) is 2. The van der Waals surface area contributed by atoms with Gasteiger partial charge in [-0.05, 0) is 37.5 Å². The van der Waals surface area contributed by atoms with Crippen molar-refractivity contribution in [2.45, 2.75) is 32.4 Å². The number of aromatic nitrogens is 2. The maximum Gasteiger partial charge on any atom is 0.329 e. The van der Waals surface area contributed by atoms with Gasteiger partial charge in [-0.1, -0.05) is 42.5 Å². The fourth-order valence-electron chi connectivity index (χ4n) is 2.91. The van der Waals surface area contributed by atoms with Gasteiger partial charge in [-0.25, -0.2) is 4.79 Å². The Morgan fingerprint density at radius 2 is 1.77 bits per heavy atom. The molecule has 0 aliphatic rings. The highest BCUT2D eigenvalue weighted by Gasteiger charge is 2.13. The van der Waals surface area contributed by atoms with E-state index in [0.717, 1.165) is 17.4 Å². The highest BCUT2D eigenvalue weighted by Crippen LogP contribution is 2.05. The van der Waals surface area contributed by atoms with E-state index in [1.165, 1.54) is 5.56 Å². The Morgan fingerprint density at radius 3 is 2.54 bits per heavy atom. The normalized spacial score (nSPS) is 12.0. The van der Waals surface area contributed by atoms with Crippen LogP contribution in [0.25, 0.3) is 10.9 Å². The van der Waals surface area contributed by atoms with Crippen molar-refractivity contribution < 1.29 is 4.79 Å². The zero-order valence-electron chi connectivity index (χ0n) is 14.6. The van der Waals surface area contributed by atoms with Crippen LogP contribution < -0.4 is 16.6 Å². The molecule has 0 saturated heterocycles. The molecule has 26 heavy (non-hydrogen) atoms. The molecular formula is C20H21N3O3. The lowest BCUT2D eigenvalue weighted by atomic mass is 10.1. The summed E-state index contributed by atoms with van der Waals surface area (Å²) in [4.78, 5) is 39.4. The van der Waals surface area contributed by atoms with Gasteiger partial charge in [0.1, 0.15) is 6.54 Å². The maximum absolute atomic E-state index is 12.4. The number of benzene rings is 2. The van der Waals surface area contributed by atoms with Gasteiger partial charge in [-0.3, -0.25) is 14.2 Å². The Labute approximate surface area is 150 Å². The number of fused-ring (bicyclic) bond motifs is 1. The van der Waals surface area contributed by atoms with E-state index in [1.54, 1.807) is 24.3 Å². The smallest absolute Gasteiger partial charge is 0.329 e. The number of nitrogens with one attached hydrogen (secondary N) is 2. The van der Waals surface area contributed by atoms with E-state index < -0.39 is 11.2 Å². The van der Waals surface area contributed by atoms with Gasteiger partial charge < -0.3 is 10.3 Å². The van der Waals surface area contributed by atoms with E-state index in [9.17, 15) is 14.4 Å². The van der Waals surface area contributed by atoms with Crippen LogP contribution in [0.4, 0.5) is 0 Å². The first kappa shape index (κ1) is 17.7. The molecule has 0 saturated carbocycles. The summed E-state index contributed by atoms with van der Waals surface area (Å²) in [6.45, 7) is 1.61. The fourth-order valence-corrected chi connectivity index (χ4v) is 2.91. The molecule has 0 aliphatic carbocycles. The van der Waals surface area contributed by atoms with Crippen molar-refractivity contribution in [3.05, 3.63) is 81.0 Å². The molecule has 0 bridgehead atoms. The third-order valence-corrected chi connectivity index (χ3v) is 4.31. The first-order valence-corrected chi connectivity index (χ1v) is 8.60. The van der Waals surface area contributed by atoms with Crippen LogP contribution in [0, 0.1) is 0 Å². The number of amides is 1. The van der Waals surface area contributed by atoms with Crippen LogP contribution in [-0.2, 0) is 17.8 Å². The van der Waals surface area contributed by atoms with Crippen molar-refractivity contribution in [3.63, 3.8) is 0 Å². The summed E-state index contributed by atoms with van der Waals surface area (Å²) in [7, 11) is 0. The summed E-state index contributed by atoms with van der Waals surface area (Å²) in [5.74, 6) is -0.353. The van der Waals surface area contributed by atoms with E-state index in [-0.39, 0.29) is 18.5 Å². The van der Waals surface area contributed by atoms with Crippen LogP contribution in [-0.4, -0.2) is 21.5 Å². The number of carbonyl (C=O) groups is 1. The van der Waals surface area contributed by atoms with E-state index in [1.807, 2.05) is 37.3 Å². The molecule has 1 heterocycles. The summed E-state index contributed by atoms with van der Waals surface area (Å²) >= 11 is 0. The summed E-state index contributed by atoms with van der Waals surface area (Å²) < 4.78 is 0.932. The van der Waals surface area contributed by atoms with Crippen molar-refractivity contribution in [2.75, 3.05) is 0 Å². The highest BCUT2D eigenvalue weighted by atomic mass is 16.2. The number of carbonyl (C=O) groups excluding carboxylic acids is 1. The van der Waals surface area contributed by atoms with E-state index >= 15 is 0 Å². The Hall–Kier alpha value is -3.15. The molecule has 1 aromatic heterocycles. The lowest BCUT2D eigenvalue weighted by Crippen LogP contribution is -2.42. The van der Waals surface area contributed by atoms with Gasteiger partial charge in [0.05, 0.1) is 10.9 Å². The molecule has 0 fully saturated rings. The van der Waals surface area contributed by atoms with Crippen LogP contribution in [0.2, 0.25) is 0 Å². The van der Waals surface area contributed by atoms with E-state index in [2.05, 4.69) is 10.3 Å². The second kappa shape index (κ2) is 7.82. The van der Waals surface area contributed by atoms with Crippen molar-refractivity contribution in [1.82, 2.24) is 14.9 Å². The van der Waals surface area contributed by atoms with E-state index in [0.29, 0.717) is 10.9 Å². The fraction of sp³-hybridized carbons (Fsp3) is 0.250. The van der Waals surface area contributed by atoms with E-state index in [4.69, 9.17) is 0 Å². The molecule has 0 spiro atoms. The Balaban J connectivity index is 1.65. The van der Waals surface area contributed by atoms with Gasteiger partial charge in [0.15, 0.2) is 0 Å². The summed E-state index contributed by atoms with van der Waals surface area (Å²) in [5, 5.41) is 3.24. The molecule has 3 rings (SSSR count).